The first-order valence-electron chi connectivity index (χ1n) is 8.23. The number of benzene rings is 2. The third kappa shape index (κ3) is 3.58. The van der Waals surface area contributed by atoms with Gasteiger partial charge in [-0.3, -0.25) is 0 Å². The molecular formula is C19H15F2NO5S. The van der Waals surface area contributed by atoms with Gasteiger partial charge in [-0.1, -0.05) is 18.2 Å². The van der Waals surface area contributed by atoms with Crippen LogP contribution in [0.1, 0.15) is 23.0 Å². The summed E-state index contributed by atoms with van der Waals surface area (Å²) in [4.78, 5) is 0. The molecule has 6 nitrogen and oxygen atoms in total. The molecule has 0 radical (unpaired) electrons. The average Bonchev–Trinajstić information content (AvgIpc) is 3.13. The van der Waals surface area contributed by atoms with Crippen LogP contribution in [0.5, 0.6) is 11.5 Å². The summed E-state index contributed by atoms with van der Waals surface area (Å²) in [5.41, 5.74) is 1.95. The number of rotatable bonds is 5. The van der Waals surface area contributed by atoms with E-state index >= 15 is 0 Å². The van der Waals surface area contributed by atoms with E-state index in [0.29, 0.717) is 33.8 Å². The van der Waals surface area contributed by atoms with Crippen LogP contribution in [-0.4, -0.2) is 15.0 Å². The Balaban J connectivity index is 1.90. The topological polar surface area (TPSA) is 91.8 Å². The van der Waals surface area contributed by atoms with Crippen LogP contribution in [0.2, 0.25) is 0 Å². The largest absolute Gasteiger partial charge is 0.477 e. The molecule has 0 saturated heterocycles. The number of nitrogens with two attached hydrogens (primary N) is 1. The van der Waals surface area contributed by atoms with Gasteiger partial charge in [0, 0.05) is 5.56 Å². The lowest BCUT2D eigenvalue weighted by molar-refractivity contribution is -0.0496. The number of ether oxygens (including phenoxy) is 2. The number of sulfonamides is 1. The van der Waals surface area contributed by atoms with E-state index in [4.69, 9.17) is 14.3 Å². The Hall–Kier alpha value is -2.91. The van der Waals surface area contributed by atoms with Gasteiger partial charge in [0.15, 0.2) is 6.10 Å². The van der Waals surface area contributed by atoms with Gasteiger partial charge in [0.1, 0.15) is 17.3 Å². The zero-order valence-corrected chi connectivity index (χ0v) is 15.2. The molecule has 1 aromatic heterocycles. The van der Waals surface area contributed by atoms with Crippen LogP contribution < -0.4 is 14.6 Å². The zero-order chi connectivity index (χ0) is 19.9. The third-order valence-corrected chi connectivity index (χ3v) is 5.02. The summed E-state index contributed by atoms with van der Waals surface area (Å²) in [7, 11) is -3.75. The van der Waals surface area contributed by atoms with Crippen LogP contribution in [0.4, 0.5) is 8.78 Å². The van der Waals surface area contributed by atoms with Crippen molar-refractivity contribution in [2.75, 3.05) is 0 Å². The predicted octanol–water partition coefficient (Wildman–Crippen LogP) is 3.82. The zero-order valence-electron chi connectivity index (χ0n) is 14.3. The van der Waals surface area contributed by atoms with E-state index in [1.54, 1.807) is 42.5 Å². The van der Waals surface area contributed by atoms with Gasteiger partial charge in [0.2, 0.25) is 10.0 Å². The van der Waals surface area contributed by atoms with Crippen LogP contribution in [-0.2, 0) is 15.8 Å². The van der Waals surface area contributed by atoms with Crippen LogP contribution in [0.3, 0.4) is 0 Å². The highest BCUT2D eigenvalue weighted by Gasteiger charge is 2.32. The summed E-state index contributed by atoms with van der Waals surface area (Å²) in [5, 5.41) is 5.15. The molecule has 0 amide bonds. The molecule has 0 aliphatic carbocycles. The van der Waals surface area contributed by atoms with E-state index in [9.17, 15) is 17.2 Å². The highest BCUT2D eigenvalue weighted by Crippen LogP contribution is 2.49. The average molecular weight is 407 g/mol. The van der Waals surface area contributed by atoms with Gasteiger partial charge in [0.05, 0.1) is 17.6 Å². The second-order valence-corrected chi connectivity index (χ2v) is 7.86. The Morgan fingerprint density at radius 2 is 1.96 bits per heavy atom. The smallest absolute Gasteiger partial charge is 0.387 e. The minimum absolute atomic E-state index is 0.0363. The quantitative estimate of drug-likeness (QED) is 0.694. The molecule has 0 spiro atoms. The first kappa shape index (κ1) is 18.5. The molecule has 2 aromatic carbocycles. The minimum atomic E-state index is -3.75. The van der Waals surface area contributed by atoms with Crippen LogP contribution in [0, 0.1) is 0 Å². The highest BCUT2D eigenvalue weighted by molar-refractivity contribution is 7.88. The summed E-state index contributed by atoms with van der Waals surface area (Å²) in [6.07, 6.45) is 0.804. The van der Waals surface area contributed by atoms with Crippen molar-refractivity contribution in [2.45, 2.75) is 18.5 Å². The molecule has 0 fully saturated rings. The number of fused-ring (bicyclic) bond motifs is 3. The lowest BCUT2D eigenvalue weighted by atomic mass is 9.90. The van der Waals surface area contributed by atoms with Crippen molar-refractivity contribution < 1.29 is 31.1 Å². The van der Waals surface area contributed by atoms with Gasteiger partial charge in [-0.15, -0.1) is 0 Å². The van der Waals surface area contributed by atoms with Crippen molar-refractivity contribution in [3.8, 4) is 22.6 Å². The van der Waals surface area contributed by atoms with E-state index < -0.39 is 22.7 Å². The monoisotopic (exact) mass is 407 g/mol. The van der Waals surface area contributed by atoms with Crippen molar-refractivity contribution >= 4 is 10.0 Å². The molecule has 28 heavy (non-hydrogen) atoms. The summed E-state index contributed by atoms with van der Waals surface area (Å²) >= 11 is 0. The first-order valence-corrected chi connectivity index (χ1v) is 9.95. The van der Waals surface area contributed by atoms with Crippen LogP contribution >= 0.6 is 0 Å². The van der Waals surface area contributed by atoms with Gasteiger partial charge in [-0.05, 0) is 41.5 Å². The van der Waals surface area contributed by atoms with Crippen molar-refractivity contribution in [3.05, 3.63) is 71.7 Å². The molecule has 1 atom stereocenters. The SMILES string of the molecule is NS(=O)(=O)Cc1ccc2c(c1)C(c1ccco1)Oc1cccc(OC(F)F)c1-2. The standard InChI is InChI=1S/C19H15F2NO5S/c20-19(21)27-15-4-1-3-14-17(15)12-7-6-11(10-28(22,23)24)9-13(12)18(26-14)16-5-2-8-25-16/h1-9,18-19H,10H2,(H2,22,23,24). The number of hydrogen-bond acceptors (Lipinski definition) is 5. The van der Waals surface area contributed by atoms with Crippen LogP contribution in [0.25, 0.3) is 11.1 Å². The normalized spacial score (nSPS) is 15.6. The second kappa shape index (κ2) is 6.92. The molecule has 3 aromatic rings. The fourth-order valence-corrected chi connectivity index (χ4v) is 3.93. The maximum absolute atomic E-state index is 12.9. The maximum atomic E-state index is 12.9. The van der Waals surface area contributed by atoms with E-state index in [-0.39, 0.29) is 11.5 Å². The lowest BCUT2D eigenvalue weighted by Crippen LogP contribution is -2.18. The fraction of sp³-hybridized carbons (Fsp3) is 0.158. The maximum Gasteiger partial charge on any atom is 0.387 e. The number of primary sulfonamides is 1. The van der Waals surface area contributed by atoms with Crippen molar-refractivity contribution in [2.24, 2.45) is 5.14 Å². The van der Waals surface area contributed by atoms with Crippen molar-refractivity contribution in [3.63, 3.8) is 0 Å². The van der Waals surface area contributed by atoms with E-state index in [0.717, 1.165) is 0 Å². The lowest BCUT2D eigenvalue weighted by Gasteiger charge is -2.29. The molecule has 1 aliphatic heterocycles. The summed E-state index contributed by atoms with van der Waals surface area (Å²) < 4.78 is 64.8. The molecule has 146 valence electrons. The molecule has 2 N–H and O–H groups in total. The second-order valence-electron chi connectivity index (χ2n) is 6.25. The Morgan fingerprint density at radius 3 is 2.64 bits per heavy atom. The minimum Gasteiger partial charge on any atom is -0.477 e. The van der Waals surface area contributed by atoms with E-state index in [1.807, 2.05) is 0 Å². The van der Waals surface area contributed by atoms with Gasteiger partial charge in [0.25, 0.3) is 0 Å². The van der Waals surface area contributed by atoms with Gasteiger partial charge < -0.3 is 13.9 Å². The Bertz CT molecular complexity index is 1110. The summed E-state index contributed by atoms with van der Waals surface area (Å²) in [5.74, 6) is 0.435. The molecular weight excluding hydrogens is 392 g/mol. The molecule has 4 rings (SSSR count). The number of alkyl halides is 2. The predicted molar refractivity (Wildman–Crippen MR) is 96.5 cm³/mol. The van der Waals surface area contributed by atoms with Crippen LogP contribution in [0.15, 0.2) is 59.2 Å². The van der Waals surface area contributed by atoms with Gasteiger partial charge in [-0.25, -0.2) is 13.6 Å². The Kier molecular flexibility index (Phi) is 4.56. The summed E-state index contributed by atoms with van der Waals surface area (Å²) in [6, 6.07) is 12.9. The summed E-state index contributed by atoms with van der Waals surface area (Å²) in [6.45, 7) is -3.00. The van der Waals surface area contributed by atoms with Crippen molar-refractivity contribution in [1.29, 1.82) is 0 Å². The Labute approximate surface area is 159 Å². The molecule has 0 saturated carbocycles. The van der Waals surface area contributed by atoms with Crippen molar-refractivity contribution in [1.82, 2.24) is 0 Å². The third-order valence-electron chi connectivity index (χ3n) is 4.29. The van der Waals surface area contributed by atoms with Gasteiger partial charge >= 0.3 is 6.61 Å². The fourth-order valence-electron chi connectivity index (χ4n) is 3.29. The van der Waals surface area contributed by atoms with Gasteiger partial charge in [-0.2, -0.15) is 8.78 Å². The molecule has 1 aliphatic rings. The molecule has 9 heteroatoms. The van der Waals surface area contributed by atoms with E-state index in [2.05, 4.69) is 4.74 Å². The molecule has 0 bridgehead atoms. The van der Waals surface area contributed by atoms with E-state index in [1.165, 1.54) is 12.3 Å². The molecule has 2 heterocycles. The number of halogens is 2. The Morgan fingerprint density at radius 1 is 1.14 bits per heavy atom. The molecule has 1 unspecified atom stereocenters. The number of hydrogen-bond donors (Lipinski definition) is 1. The highest BCUT2D eigenvalue weighted by atomic mass is 32.2. The first-order chi connectivity index (χ1) is 13.3. The number of furan rings is 1.